The van der Waals surface area contributed by atoms with Crippen molar-refractivity contribution >= 4 is 15.9 Å². The molecule has 0 N–H and O–H groups in total. The molecule has 3 rings (SSSR count). The molecule has 1 heterocycles. The Morgan fingerprint density at radius 1 is 0.962 bits per heavy atom. The first-order chi connectivity index (χ1) is 12.3. The first-order valence-electron chi connectivity index (χ1n) is 9.54. The average molecular weight is 416 g/mol. The maximum absolute atomic E-state index is 6.77. The molecule has 0 amide bonds. The number of hydrogen-bond acceptors (Lipinski definition) is 2. The zero-order valence-corrected chi connectivity index (χ0v) is 17.9. The quantitative estimate of drug-likeness (QED) is 0.537. The second-order valence-corrected chi connectivity index (χ2v) is 9.53. The molecule has 1 aliphatic heterocycles. The van der Waals surface area contributed by atoms with Gasteiger partial charge in [0.1, 0.15) is 6.10 Å². The van der Waals surface area contributed by atoms with E-state index in [2.05, 4.69) is 103 Å². The second kappa shape index (κ2) is 7.84. The zero-order chi connectivity index (χ0) is 18.8. The molecule has 0 bridgehead atoms. The van der Waals surface area contributed by atoms with Crippen molar-refractivity contribution in [1.29, 1.82) is 0 Å². The largest absolute Gasteiger partial charge is 0.290 e. The number of piperidine rings is 1. The normalized spacial score (nSPS) is 20.7. The van der Waals surface area contributed by atoms with Gasteiger partial charge in [-0.3, -0.25) is 4.84 Å². The highest BCUT2D eigenvalue weighted by molar-refractivity contribution is 9.10. The van der Waals surface area contributed by atoms with Gasteiger partial charge in [0.15, 0.2) is 0 Å². The number of benzene rings is 2. The molecule has 1 saturated heterocycles. The topological polar surface area (TPSA) is 12.5 Å². The van der Waals surface area contributed by atoms with E-state index < -0.39 is 0 Å². The number of hydrogen-bond donors (Lipinski definition) is 0. The van der Waals surface area contributed by atoms with Gasteiger partial charge in [-0.1, -0.05) is 58.4 Å². The molecule has 3 heteroatoms. The summed E-state index contributed by atoms with van der Waals surface area (Å²) in [6.07, 6.45) is 4.43. The molecule has 0 saturated carbocycles. The molecule has 0 spiro atoms. The molecule has 1 atom stereocenters. The van der Waals surface area contributed by atoms with Crippen LogP contribution in [-0.4, -0.2) is 16.1 Å². The first kappa shape index (κ1) is 19.6. The minimum absolute atomic E-state index is 0.00199. The first-order valence-corrected chi connectivity index (χ1v) is 10.3. The van der Waals surface area contributed by atoms with Crippen LogP contribution in [-0.2, 0) is 11.3 Å². The fourth-order valence-electron chi connectivity index (χ4n) is 4.15. The predicted octanol–water partition coefficient (Wildman–Crippen LogP) is 6.71. The third kappa shape index (κ3) is 4.57. The molecule has 1 aliphatic rings. The summed E-state index contributed by atoms with van der Waals surface area (Å²) in [6.45, 7) is 9.20. The lowest BCUT2D eigenvalue weighted by Crippen LogP contribution is -2.58. The van der Waals surface area contributed by atoms with E-state index in [4.69, 9.17) is 4.84 Å². The van der Waals surface area contributed by atoms with Gasteiger partial charge in [0.05, 0.1) is 0 Å². The van der Waals surface area contributed by atoms with E-state index in [9.17, 15) is 0 Å². The standard InChI is InChI=1S/C23H30BrNO/c1-22(2)14-9-15-23(3,4)25(22)26-21(19-11-6-5-7-12-19)17-18-10-8-13-20(24)16-18/h5-8,10-13,16,21H,9,14-15,17H2,1-4H3. The summed E-state index contributed by atoms with van der Waals surface area (Å²) in [6, 6.07) is 19.1. The highest BCUT2D eigenvalue weighted by atomic mass is 79.9. The van der Waals surface area contributed by atoms with Crippen molar-refractivity contribution < 1.29 is 4.84 Å². The van der Waals surface area contributed by atoms with E-state index in [1.807, 2.05) is 0 Å². The number of halogens is 1. The molecule has 2 aromatic rings. The summed E-state index contributed by atoms with van der Waals surface area (Å²) in [5.74, 6) is 0. The molecule has 26 heavy (non-hydrogen) atoms. The van der Waals surface area contributed by atoms with Gasteiger partial charge < -0.3 is 0 Å². The Morgan fingerprint density at radius 3 is 2.23 bits per heavy atom. The van der Waals surface area contributed by atoms with E-state index in [0.29, 0.717) is 0 Å². The van der Waals surface area contributed by atoms with Crippen LogP contribution in [0.2, 0.25) is 0 Å². The maximum Gasteiger partial charge on any atom is 0.108 e. The Bertz CT molecular complexity index is 710. The van der Waals surface area contributed by atoms with Crippen molar-refractivity contribution in [2.45, 2.75) is 70.6 Å². The van der Waals surface area contributed by atoms with Crippen LogP contribution in [0.1, 0.15) is 64.2 Å². The Labute approximate surface area is 166 Å². The minimum Gasteiger partial charge on any atom is -0.290 e. The van der Waals surface area contributed by atoms with Crippen molar-refractivity contribution in [3.8, 4) is 0 Å². The number of hydroxylamine groups is 2. The monoisotopic (exact) mass is 415 g/mol. The van der Waals surface area contributed by atoms with E-state index >= 15 is 0 Å². The molecule has 0 radical (unpaired) electrons. The van der Waals surface area contributed by atoms with Crippen LogP contribution < -0.4 is 0 Å². The van der Waals surface area contributed by atoms with Gasteiger partial charge in [0.2, 0.25) is 0 Å². The highest BCUT2D eigenvalue weighted by Gasteiger charge is 2.43. The van der Waals surface area contributed by atoms with Gasteiger partial charge in [-0.2, -0.15) is 5.06 Å². The lowest BCUT2D eigenvalue weighted by atomic mass is 9.82. The molecule has 0 aliphatic carbocycles. The van der Waals surface area contributed by atoms with Gasteiger partial charge in [-0.05, 0) is 70.2 Å². The lowest BCUT2D eigenvalue weighted by Gasteiger charge is -2.52. The van der Waals surface area contributed by atoms with Crippen molar-refractivity contribution in [3.05, 3.63) is 70.2 Å². The number of rotatable bonds is 5. The van der Waals surface area contributed by atoms with Gasteiger partial charge in [0.25, 0.3) is 0 Å². The third-order valence-electron chi connectivity index (χ3n) is 5.39. The average Bonchev–Trinajstić information content (AvgIpc) is 2.57. The number of nitrogens with zero attached hydrogens (tertiary/aromatic N) is 1. The van der Waals surface area contributed by atoms with Gasteiger partial charge >= 0.3 is 0 Å². The molecule has 1 unspecified atom stereocenters. The van der Waals surface area contributed by atoms with Crippen LogP contribution in [0.4, 0.5) is 0 Å². The van der Waals surface area contributed by atoms with Crippen molar-refractivity contribution in [3.63, 3.8) is 0 Å². The zero-order valence-electron chi connectivity index (χ0n) is 16.3. The SMILES string of the molecule is CC1(C)CCCC(C)(C)N1OC(Cc1cccc(Br)c1)c1ccccc1. The highest BCUT2D eigenvalue weighted by Crippen LogP contribution is 2.41. The predicted molar refractivity (Wildman–Crippen MR) is 112 cm³/mol. The summed E-state index contributed by atoms with van der Waals surface area (Å²) in [5.41, 5.74) is 2.57. The van der Waals surface area contributed by atoms with Gasteiger partial charge in [0, 0.05) is 22.0 Å². The summed E-state index contributed by atoms with van der Waals surface area (Å²) in [7, 11) is 0. The van der Waals surface area contributed by atoms with E-state index in [-0.39, 0.29) is 17.2 Å². The molecular formula is C23H30BrNO. The van der Waals surface area contributed by atoms with Crippen molar-refractivity contribution in [1.82, 2.24) is 5.06 Å². The Hall–Kier alpha value is -1.16. The van der Waals surface area contributed by atoms with Crippen molar-refractivity contribution in [2.24, 2.45) is 0 Å². The van der Waals surface area contributed by atoms with E-state index in [1.54, 1.807) is 0 Å². The third-order valence-corrected chi connectivity index (χ3v) is 5.88. The molecule has 0 aromatic heterocycles. The smallest absolute Gasteiger partial charge is 0.108 e. The van der Waals surface area contributed by atoms with Crippen LogP contribution >= 0.6 is 15.9 Å². The van der Waals surface area contributed by atoms with Crippen LogP contribution in [0.5, 0.6) is 0 Å². The van der Waals surface area contributed by atoms with Crippen LogP contribution in [0, 0.1) is 0 Å². The molecule has 140 valence electrons. The lowest BCUT2D eigenvalue weighted by molar-refractivity contribution is -0.307. The minimum atomic E-state index is 0.00199. The van der Waals surface area contributed by atoms with Crippen LogP contribution in [0.25, 0.3) is 0 Å². The van der Waals surface area contributed by atoms with Gasteiger partial charge in [-0.15, -0.1) is 0 Å². The summed E-state index contributed by atoms with van der Waals surface area (Å²) in [4.78, 5) is 6.77. The van der Waals surface area contributed by atoms with E-state index in [0.717, 1.165) is 23.7 Å². The second-order valence-electron chi connectivity index (χ2n) is 8.61. The summed E-state index contributed by atoms with van der Waals surface area (Å²) in [5, 5.41) is 2.28. The van der Waals surface area contributed by atoms with E-state index in [1.165, 1.54) is 17.5 Å². The molecule has 2 aromatic carbocycles. The Morgan fingerprint density at radius 2 is 1.62 bits per heavy atom. The Balaban J connectivity index is 1.90. The maximum atomic E-state index is 6.77. The fourth-order valence-corrected chi connectivity index (χ4v) is 4.60. The van der Waals surface area contributed by atoms with Crippen molar-refractivity contribution in [2.75, 3.05) is 0 Å². The Kier molecular flexibility index (Phi) is 5.91. The van der Waals surface area contributed by atoms with Crippen LogP contribution in [0.15, 0.2) is 59.1 Å². The summed E-state index contributed by atoms with van der Waals surface area (Å²) < 4.78 is 1.11. The van der Waals surface area contributed by atoms with Gasteiger partial charge in [-0.25, -0.2) is 0 Å². The molecule has 1 fully saturated rings. The molecule has 2 nitrogen and oxygen atoms in total. The summed E-state index contributed by atoms with van der Waals surface area (Å²) >= 11 is 3.59. The molecular weight excluding hydrogens is 386 g/mol. The fraction of sp³-hybridized carbons (Fsp3) is 0.478. The van der Waals surface area contributed by atoms with Crippen LogP contribution in [0.3, 0.4) is 0 Å².